The number of amides is 1. The minimum absolute atomic E-state index is 0.0773. The van der Waals surface area contributed by atoms with Crippen LogP contribution in [-0.4, -0.2) is 31.1 Å². The first-order valence-corrected chi connectivity index (χ1v) is 8.86. The smallest absolute Gasteiger partial charge is 0.336 e. The van der Waals surface area contributed by atoms with Gasteiger partial charge in [-0.2, -0.15) is 0 Å². The predicted molar refractivity (Wildman–Crippen MR) is 101 cm³/mol. The molecule has 3 unspecified atom stereocenters. The summed E-state index contributed by atoms with van der Waals surface area (Å²) in [6, 6.07) is 5.71. The summed E-state index contributed by atoms with van der Waals surface area (Å²) in [5.74, 6) is -0.618. The van der Waals surface area contributed by atoms with Crippen LogP contribution in [0.4, 0.5) is 0 Å². The van der Waals surface area contributed by atoms with Crippen LogP contribution in [0.3, 0.4) is 0 Å². The average Bonchev–Trinajstić information content (AvgIpc) is 2.64. The van der Waals surface area contributed by atoms with Gasteiger partial charge in [-0.15, -0.1) is 0 Å². The number of ether oxygens (including phenoxy) is 2. The molecule has 7 heteroatoms. The topological polar surface area (TPSA) is 94.8 Å². The van der Waals surface area contributed by atoms with Crippen LogP contribution < -0.4 is 15.7 Å². The van der Waals surface area contributed by atoms with E-state index < -0.39 is 29.6 Å². The van der Waals surface area contributed by atoms with Crippen LogP contribution in [0.5, 0.6) is 5.75 Å². The van der Waals surface area contributed by atoms with Crippen molar-refractivity contribution in [1.82, 2.24) is 5.32 Å². The Hall–Kier alpha value is -2.83. The highest BCUT2D eigenvalue weighted by atomic mass is 16.5. The van der Waals surface area contributed by atoms with Crippen molar-refractivity contribution in [2.45, 2.75) is 46.3 Å². The Kier molecular flexibility index (Phi) is 6.60. The summed E-state index contributed by atoms with van der Waals surface area (Å²) < 4.78 is 15.6. The van der Waals surface area contributed by atoms with Gasteiger partial charge in [0.1, 0.15) is 17.4 Å². The molecule has 146 valence electrons. The number of rotatable bonds is 7. The second-order valence-electron chi connectivity index (χ2n) is 6.56. The molecule has 2 rings (SSSR count). The second-order valence-corrected chi connectivity index (χ2v) is 6.56. The fourth-order valence-corrected chi connectivity index (χ4v) is 2.70. The van der Waals surface area contributed by atoms with Gasteiger partial charge in [-0.1, -0.05) is 20.3 Å². The fourth-order valence-electron chi connectivity index (χ4n) is 2.70. The molecule has 1 aromatic carbocycles. The normalized spacial score (nSPS) is 14.3. The highest BCUT2D eigenvalue weighted by Gasteiger charge is 2.29. The van der Waals surface area contributed by atoms with Gasteiger partial charge >= 0.3 is 11.6 Å². The van der Waals surface area contributed by atoms with E-state index in [-0.39, 0.29) is 5.92 Å². The molecule has 3 atom stereocenters. The van der Waals surface area contributed by atoms with Crippen molar-refractivity contribution in [3.8, 4) is 5.75 Å². The number of carbonyl (C=O) groups is 2. The van der Waals surface area contributed by atoms with Gasteiger partial charge in [0.05, 0.1) is 7.11 Å². The van der Waals surface area contributed by atoms with Crippen molar-refractivity contribution in [3.05, 3.63) is 40.2 Å². The van der Waals surface area contributed by atoms with Crippen LogP contribution in [0.15, 0.2) is 33.5 Å². The van der Waals surface area contributed by atoms with Crippen molar-refractivity contribution in [3.63, 3.8) is 0 Å². The molecule has 0 radical (unpaired) electrons. The Labute approximate surface area is 157 Å². The number of esters is 1. The van der Waals surface area contributed by atoms with Gasteiger partial charge < -0.3 is 19.2 Å². The summed E-state index contributed by atoms with van der Waals surface area (Å²) in [6.45, 7) is 7.19. The molecule has 0 fully saturated rings. The van der Waals surface area contributed by atoms with Crippen LogP contribution in [0, 0.1) is 12.8 Å². The molecule has 0 aliphatic rings. The largest absolute Gasteiger partial charge is 0.481 e. The molecule has 0 spiro atoms. The van der Waals surface area contributed by atoms with Crippen LogP contribution in [0.1, 0.15) is 32.8 Å². The summed E-state index contributed by atoms with van der Waals surface area (Å²) in [4.78, 5) is 35.9. The number of hydrogen-bond acceptors (Lipinski definition) is 6. The first-order valence-electron chi connectivity index (χ1n) is 8.86. The third-order valence-electron chi connectivity index (χ3n) is 4.57. The lowest BCUT2D eigenvalue weighted by Gasteiger charge is -2.24. The number of fused-ring (bicyclic) bond motifs is 1. The van der Waals surface area contributed by atoms with Gasteiger partial charge in [-0.25, -0.2) is 9.59 Å². The molecule has 1 N–H and O–H groups in total. The standard InChI is InChI=1S/C20H25NO6/c1-6-11(2)18(20(24)25-5)21-19(23)13(4)26-14-7-8-15-12(3)9-17(22)27-16(15)10-14/h7-11,13,18H,6H2,1-5H3,(H,21,23). The molecule has 1 amide bonds. The lowest BCUT2D eigenvalue weighted by atomic mass is 9.99. The molecule has 0 aliphatic carbocycles. The molecule has 1 aromatic heterocycles. The summed E-state index contributed by atoms with van der Waals surface area (Å²) in [7, 11) is 1.29. The van der Waals surface area contributed by atoms with Gasteiger partial charge in [0.2, 0.25) is 0 Å². The van der Waals surface area contributed by atoms with Crippen molar-refractivity contribution in [2.24, 2.45) is 5.92 Å². The molecule has 27 heavy (non-hydrogen) atoms. The number of nitrogens with one attached hydrogen (secondary N) is 1. The maximum atomic E-state index is 12.5. The molecular weight excluding hydrogens is 350 g/mol. The van der Waals surface area contributed by atoms with Crippen molar-refractivity contribution in [1.29, 1.82) is 0 Å². The first kappa shape index (κ1) is 20.5. The molecule has 2 aromatic rings. The van der Waals surface area contributed by atoms with E-state index in [1.165, 1.54) is 13.2 Å². The summed E-state index contributed by atoms with van der Waals surface area (Å²) in [5.41, 5.74) is 0.739. The minimum atomic E-state index is -0.852. The average molecular weight is 375 g/mol. The lowest BCUT2D eigenvalue weighted by Crippen LogP contribution is -2.49. The van der Waals surface area contributed by atoms with Crippen LogP contribution in [0.2, 0.25) is 0 Å². The Morgan fingerprint density at radius 2 is 1.93 bits per heavy atom. The monoisotopic (exact) mass is 375 g/mol. The number of hydrogen-bond donors (Lipinski definition) is 1. The maximum absolute atomic E-state index is 12.5. The third kappa shape index (κ3) is 4.87. The SMILES string of the molecule is CCC(C)C(NC(=O)C(C)Oc1ccc2c(C)cc(=O)oc2c1)C(=O)OC. The Morgan fingerprint density at radius 1 is 1.22 bits per heavy atom. The maximum Gasteiger partial charge on any atom is 0.336 e. The number of methoxy groups -OCH3 is 1. The van der Waals surface area contributed by atoms with E-state index in [4.69, 9.17) is 13.9 Å². The van der Waals surface area contributed by atoms with Crippen LogP contribution in [-0.2, 0) is 14.3 Å². The Morgan fingerprint density at radius 3 is 2.56 bits per heavy atom. The molecule has 0 saturated heterocycles. The molecule has 0 saturated carbocycles. The lowest BCUT2D eigenvalue weighted by molar-refractivity contribution is -0.147. The van der Waals surface area contributed by atoms with E-state index in [0.717, 1.165) is 10.9 Å². The summed E-state index contributed by atoms with van der Waals surface area (Å²) in [5, 5.41) is 3.48. The molecular formula is C20H25NO6. The minimum Gasteiger partial charge on any atom is -0.481 e. The van der Waals surface area contributed by atoms with E-state index in [9.17, 15) is 14.4 Å². The third-order valence-corrected chi connectivity index (χ3v) is 4.57. The quantitative estimate of drug-likeness (QED) is 0.590. The summed E-state index contributed by atoms with van der Waals surface area (Å²) in [6.07, 6.45) is -0.145. The van der Waals surface area contributed by atoms with E-state index in [0.29, 0.717) is 17.8 Å². The van der Waals surface area contributed by atoms with Gasteiger partial charge in [-0.3, -0.25) is 4.79 Å². The van der Waals surface area contributed by atoms with Crippen LogP contribution >= 0.6 is 0 Å². The number of benzene rings is 1. The second kappa shape index (κ2) is 8.70. The number of carbonyl (C=O) groups excluding carboxylic acids is 2. The predicted octanol–water partition coefficient (Wildman–Crippen LogP) is 2.57. The van der Waals surface area contributed by atoms with Crippen molar-refractivity contribution in [2.75, 3.05) is 7.11 Å². The molecule has 0 bridgehead atoms. The Bertz CT molecular complexity index is 888. The van der Waals surface area contributed by atoms with Gasteiger partial charge in [0.25, 0.3) is 5.91 Å². The zero-order valence-corrected chi connectivity index (χ0v) is 16.2. The van der Waals surface area contributed by atoms with E-state index in [2.05, 4.69) is 5.32 Å². The van der Waals surface area contributed by atoms with Crippen molar-refractivity contribution < 1.29 is 23.5 Å². The summed E-state index contributed by atoms with van der Waals surface area (Å²) >= 11 is 0. The van der Waals surface area contributed by atoms with E-state index in [1.54, 1.807) is 25.1 Å². The van der Waals surface area contributed by atoms with E-state index >= 15 is 0 Å². The van der Waals surface area contributed by atoms with E-state index in [1.807, 2.05) is 20.8 Å². The molecule has 1 heterocycles. The molecule has 7 nitrogen and oxygen atoms in total. The van der Waals surface area contributed by atoms with Gasteiger partial charge in [-0.05, 0) is 37.5 Å². The number of aryl methyl sites for hydroxylation is 1. The zero-order chi connectivity index (χ0) is 20.1. The Balaban J connectivity index is 2.14. The van der Waals surface area contributed by atoms with Crippen LogP contribution in [0.25, 0.3) is 11.0 Å². The zero-order valence-electron chi connectivity index (χ0n) is 16.2. The first-order chi connectivity index (χ1) is 12.8. The molecule has 0 aliphatic heterocycles. The fraction of sp³-hybridized carbons (Fsp3) is 0.450. The highest BCUT2D eigenvalue weighted by molar-refractivity contribution is 5.87. The van der Waals surface area contributed by atoms with Crippen molar-refractivity contribution >= 4 is 22.8 Å². The highest BCUT2D eigenvalue weighted by Crippen LogP contribution is 2.23. The van der Waals surface area contributed by atoms with Gasteiger partial charge in [0.15, 0.2) is 6.10 Å². The van der Waals surface area contributed by atoms with Gasteiger partial charge in [0, 0.05) is 17.5 Å².